The van der Waals surface area contributed by atoms with E-state index in [-0.39, 0.29) is 17.5 Å². The summed E-state index contributed by atoms with van der Waals surface area (Å²) in [5.74, 6) is -0.776. The highest BCUT2D eigenvalue weighted by Crippen LogP contribution is 2.20. The van der Waals surface area contributed by atoms with Crippen molar-refractivity contribution >= 4 is 5.91 Å². The molecule has 6 heteroatoms. The summed E-state index contributed by atoms with van der Waals surface area (Å²) in [4.78, 5) is 12.3. The first-order chi connectivity index (χ1) is 13.0. The van der Waals surface area contributed by atoms with Gasteiger partial charge in [0.2, 0.25) is 0 Å². The Hall–Kier alpha value is -3.02. The second-order valence-electron chi connectivity index (χ2n) is 6.38. The Morgan fingerprint density at radius 2 is 1.63 bits per heavy atom. The van der Waals surface area contributed by atoms with Gasteiger partial charge in [-0.3, -0.25) is 9.48 Å². The van der Waals surface area contributed by atoms with Crippen molar-refractivity contribution in [2.45, 2.75) is 19.3 Å². The normalized spacial score (nSPS) is 10.8. The summed E-state index contributed by atoms with van der Waals surface area (Å²) in [6.45, 7) is 0.544. The van der Waals surface area contributed by atoms with Crippen LogP contribution in [0.25, 0.3) is 11.3 Å². The standard InChI is InChI=1S/C21H21F2N3O/c1-26-20(16-7-11-18(23)12-8-16)14-19(25-26)21(27)24-13-3-2-4-15-5-9-17(22)10-6-15/h5-12,14H,2-4,13H2,1H3,(H,24,27). The van der Waals surface area contributed by atoms with Gasteiger partial charge in [0, 0.05) is 13.6 Å². The minimum atomic E-state index is -0.306. The van der Waals surface area contributed by atoms with E-state index in [1.165, 1.54) is 24.3 Å². The van der Waals surface area contributed by atoms with Crippen molar-refractivity contribution in [3.8, 4) is 11.3 Å². The molecule has 0 aliphatic rings. The Balaban J connectivity index is 1.49. The first-order valence-corrected chi connectivity index (χ1v) is 8.85. The maximum atomic E-state index is 13.1. The van der Waals surface area contributed by atoms with Gasteiger partial charge in [-0.05, 0) is 72.9 Å². The number of halogens is 2. The zero-order chi connectivity index (χ0) is 19.2. The fourth-order valence-corrected chi connectivity index (χ4v) is 2.87. The first-order valence-electron chi connectivity index (χ1n) is 8.85. The Kier molecular flexibility index (Phi) is 5.96. The lowest BCUT2D eigenvalue weighted by molar-refractivity contribution is 0.0947. The van der Waals surface area contributed by atoms with Crippen molar-refractivity contribution in [1.82, 2.24) is 15.1 Å². The lowest BCUT2D eigenvalue weighted by atomic mass is 10.1. The average molecular weight is 369 g/mol. The summed E-state index contributed by atoms with van der Waals surface area (Å²) in [5, 5.41) is 7.10. The Bertz CT molecular complexity index is 902. The third-order valence-electron chi connectivity index (χ3n) is 4.34. The number of nitrogens with one attached hydrogen (secondary N) is 1. The second kappa shape index (κ2) is 8.58. The van der Waals surface area contributed by atoms with Gasteiger partial charge in [0.1, 0.15) is 11.6 Å². The predicted molar refractivity (Wildman–Crippen MR) is 100 cm³/mol. The van der Waals surface area contributed by atoms with Gasteiger partial charge >= 0.3 is 0 Å². The number of rotatable bonds is 7. The van der Waals surface area contributed by atoms with Crippen LogP contribution in [0.2, 0.25) is 0 Å². The van der Waals surface area contributed by atoms with Crippen molar-refractivity contribution < 1.29 is 13.6 Å². The highest BCUT2D eigenvalue weighted by Gasteiger charge is 2.13. The molecule has 0 spiro atoms. The van der Waals surface area contributed by atoms with Crippen LogP contribution in [0.5, 0.6) is 0 Å². The number of hydrogen-bond acceptors (Lipinski definition) is 2. The van der Waals surface area contributed by atoms with Gasteiger partial charge in [0.15, 0.2) is 5.69 Å². The summed E-state index contributed by atoms with van der Waals surface area (Å²) < 4.78 is 27.5. The predicted octanol–water partition coefficient (Wildman–Crippen LogP) is 4.12. The summed E-state index contributed by atoms with van der Waals surface area (Å²) >= 11 is 0. The molecule has 1 amide bonds. The van der Waals surface area contributed by atoms with E-state index in [4.69, 9.17) is 0 Å². The molecule has 2 aromatic carbocycles. The highest BCUT2D eigenvalue weighted by molar-refractivity contribution is 5.93. The van der Waals surface area contributed by atoms with Crippen LogP contribution in [0.4, 0.5) is 8.78 Å². The number of benzene rings is 2. The van der Waals surface area contributed by atoms with E-state index in [1.54, 1.807) is 42.1 Å². The van der Waals surface area contributed by atoms with Gasteiger partial charge < -0.3 is 5.32 Å². The van der Waals surface area contributed by atoms with E-state index in [9.17, 15) is 13.6 Å². The molecular formula is C21H21F2N3O. The molecular weight excluding hydrogens is 348 g/mol. The largest absolute Gasteiger partial charge is 0.351 e. The van der Waals surface area contributed by atoms with Crippen LogP contribution in [0.15, 0.2) is 54.6 Å². The van der Waals surface area contributed by atoms with Gasteiger partial charge in [0.25, 0.3) is 5.91 Å². The molecule has 0 saturated carbocycles. The number of carbonyl (C=O) groups is 1. The van der Waals surface area contributed by atoms with E-state index >= 15 is 0 Å². The molecule has 0 saturated heterocycles. The van der Waals surface area contributed by atoms with E-state index in [0.717, 1.165) is 36.1 Å². The van der Waals surface area contributed by atoms with Crippen molar-refractivity contribution in [3.05, 3.63) is 77.5 Å². The Labute approximate surface area is 156 Å². The van der Waals surface area contributed by atoms with E-state index in [2.05, 4.69) is 10.4 Å². The quantitative estimate of drug-likeness (QED) is 0.637. The summed E-state index contributed by atoms with van der Waals surface area (Å²) in [5.41, 5.74) is 2.95. The molecule has 1 N–H and O–H groups in total. The van der Waals surface area contributed by atoms with Gasteiger partial charge in [0.05, 0.1) is 5.69 Å². The lowest BCUT2D eigenvalue weighted by Gasteiger charge is -2.04. The number of amides is 1. The number of hydrogen-bond donors (Lipinski definition) is 1. The number of carbonyl (C=O) groups excluding carboxylic acids is 1. The molecule has 0 bridgehead atoms. The maximum absolute atomic E-state index is 13.1. The number of unbranched alkanes of at least 4 members (excludes halogenated alkanes) is 1. The topological polar surface area (TPSA) is 46.9 Å². The van der Waals surface area contributed by atoms with Crippen LogP contribution in [-0.2, 0) is 13.5 Å². The van der Waals surface area contributed by atoms with Crippen LogP contribution < -0.4 is 5.32 Å². The Morgan fingerprint density at radius 1 is 1.00 bits per heavy atom. The van der Waals surface area contributed by atoms with E-state index in [0.29, 0.717) is 12.2 Å². The second-order valence-corrected chi connectivity index (χ2v) is 6.38. The van der Waals surface area contributed by atoms with Crippen LogP contribution in [0.1, 0.15) is 28.9 Å². The molecule has 3 aromatic rings. The van der Waals surface area contributed by atoms with Crippen molar-refractivity contribution in [3.63, 3.8) is 0 Å². The van der Waals surface area contributed by atoms with Gasteiger partial charge in [-0.15, -0.1) is 0 Å². The molecule has 0 aliphatic carbocycles. The van der Waals surface area contributed by atoms with E-state index in [1.807, 2.05) is 0 Å². The minimum Gasteiger partial charge on any atom is -0.351 e. The highest BCUT2D eigenvalue weighted by atomic mass is 19.1. The zero-order valence-electron chi connectivity index (χ0n) is 15.1. The molecule has 27 heavy (non-hydrogen) atoms. The molecule has 1 aromatic heterocycles. The molecule has 140 valence electrons. The fourth-order valence-electron chi connectivity index (χ4n) is 2.87. The number of nitrogens with zero attached hydrogens (tertiary/aromatic N) is 2. The molecule has 3 rings (SSSR count). The summed E-state index contributed by atoms with van der Waals surface area (Å²) in [6, 6.07) is 14.2. The molecule has 1 heterocycles. The SMILES string of the molecule is Cn1nc(C(=O)NCCCCc2ccc(F)cc2)cc1-c1ccc(F)cc1. The lowest BCUT2D eigenvalue weighted by Crippen LogP contribution is -2.25. The van der Waals surface area contributed by atoms with Gasteiger partial charge in [-0.1, -0.05) is 12.1 Å². The molecule has 0 fully saturated rings. The van der Waals surface area contributed by atoms with Gasteiger partial charge in [-0.2, -0.15) is 5.10 Å². The van der Waals surface area contributed by atoms with Crippen LogP contribution in [-0.4, -0.2) is 22.2 Å². The zero-order valence-corrected chi connectivity index (χ0v) is 15.1. The van der Waals surface area contributed by atoms with Crippen LogP contribution in [0, 0.1) is 11.6 Å². The first kappa shape index (κ1) is 18.8. The third-order valence-corrected chi connectivity index (χ3v) is 4.34. The van der Waals surface area contributed by atoms with Crippen LogP contribution >= 0.6 is 0 Å². The average Bonchev–Trinajstić information content (AvgIpc) is 3.05. The summed E-state index contributed by atoms with van der Waals surface area (Å²) in [7, 11) is 1.75. The number of aromatic nitrogens is 2. The van der Waals surface area contributed by atoms with Crippen molar-refractivity contribution in [2.75, 3.05) is 6.54 Å². The van der Waals surface area contributed by atoms with Crippen molar-refractivity contribution in [2.24, 2.45) is 7.05 Å². The molecule has 0 aliphatic heterocycles. The molecule has 0 atom stereocenters. The Morgan fingerprint density at radius 3 is 2.30 bits per heavy atom. The molecule has 0 unspecified atom stereocenters. The third kappa shape index (κ3) is 5.00. The van der Waals surface area contributed by atoms with E-state index < -0.39 is 0 Å². The number of aryl methyl sites for hydroxylation is 2. The minimum absolute atomic E-state index is 0.235. The molecule has 4 nitrogen and oxygen atoms in total. The van der Waals surface area contributed by atoms with Gasteiger partial charge in [-0.25, -0.2) is 8.78 Å². The smallest absolute Gasteiger partial charge is 0.271 e. The van der Waals surface area contributed by atoms with Crippen LogP contribution in [0.3, 0.4) is 0 Å². The maximum Gasteiger partial charge on any atom is 0.271 e. The molecule has 0 radical (unpaired) electrons. The monoisotopic (exact) mass is 369 g/mol. The summed E-state index contributed by atoms with van der Waals surface area (Å²) in [6.07, 6.45) is 2.56. The van der Waals surface area contributed by atoms with Crippen molar-refractivity contribution in [1.29, 1.82) is 0 Å². The fraction of sp³-hybridized carbons (Fsp3) is 0.238.